The van der Waals surface area contributed by atoms with Crippen LogP contribution >= 0.6 is 0 Å². The number of hydrogen-bond donors (Lipinski definition) is 3. The van der Waals surface area contributed by atoms with E-state index in [9.17, 15) is 47.4 Å². The number of nitrogens with two attached hydrogens (primary N) is 1. The van der Waals surface area contributed by atoms with E-state index in [1.165, 1.54) is 19.0 Å². The van der Waals surface area contributed by atoms with Gasteiger partial charge in [-0.25, -0.2) is 0 Å². The molecule has 4 aliphatic carbocycles. The fraction of sp³-hybridized carbons (Fsp3) is 0.645. The molecule has 4 N–H and O–H groups in total. The highest BCUT2D eigenvalue weighted by atomic mass is 19.4. The molecular weight excluding hydrogens is 583 g/mol. The second kappa shape index (κ2) is 11.3. The number of halogens is 3. The first-order valence-electron chi connectivity index (χ1n) is 15.1. The summed E-state index contributed by atoms with van der Waals surface area (Å²) in [6.07, 6.45) is -0.960. The van der Waals surface area contributed by atoms with Gasteiger partial charge in [0.05, 0.1) is 23.1 Å². The lowest BCUT2D eigenvalue weighted by molar-refractivity contribution is -0.181. The molecule has 240 valence electrons. The van der Waals surface area contributed by atoms with Crippen molar-refractivity contribution in [2.45, 2.75) is 82.3 Å². The van der Waals surface area contributed by atoms with Gasteiger partial charge >= 0.3 is 6.18 Å². The first-order valence-corrected chi connectivity index (χ1v) is 15.1. The summed E-state index contributed by atoms with van der Waals surface area (Å²) >= 11 is 0. The Hall–Kier alpha value is -3.16. The molecule has 0 aliphatic heterocycles. The number of amides is 1. The average molecular weight is 622 g/mol. The fourth-order valence-corrected chi connectivity index (χ4v) is 8.39. The second-order valence-electron chi connectivity index (χ2n) is 12.9. The molecule has 0 saturated heterocycles. The summed E-state index contributed by atoms with van der Waals surface area (Å²) in [6, 6.07) is -0.320. The van der Waals surface area contributed by atoms with Crippen molar-refractivity contribution in [1.82, 2.24) is 9.80 Å². The van der Waals surface area contributed by atoms with E-state index in [1.807, 2.05) is 11.8 Å². The highest BCUT2D eigenvalue weighted by Gasteiger charge is 2.69. The van der Waals surface area contributed by atoms with Crippen LogP contribution in [0.3, 0.4) is 0 Å². The lowest BCUT2D eigenvalue weighted by Crippen LogP contribution is -2.74. The van der Waals surface area contributed by atoms with E-state index in [4.69, 9.17) is 5.73 Å². The van der Waals surface area contributed by atoms with E-state index in [1.54, 1.807) is 0 Å². The first kappa shape index (κ1) is 32.2. The van der Waals surface area contributed by atoms with Crippen LogP contribution in [0.15, 0.2) is 6.07 Å². The number of likely N-dealkylation sites (N-methyl/N-ethyl adjacent to an activating group) is 1. The largest absolute Gasteiger partial charge is 0.507 e. The van der Waals surface area contributed by atoms with Crippen LogP contribution < -0.4 is 5.73 Å². The first-order chi connectivity index (χ1) is 20.5. The summed E-state index contributed by atoms with van der Waals surface area (Å²) in [4.78, 5) is 69.8. The van der Waals surface area contributed by atoms with E-state index in [-0.39, 0.29) is 24.6 Å². The molecule has 0 aromatic heterocycles. The van der Waals surface area contributed by atoms with Crippen molar-refractivity contribution in [1.29, 1.82) is 0 Å². The Morgan fingerprint density at radius 2 is 1.73 bits per heavy atom. The van der Waals surface area contributed by atoms with Gasteiger partial charge in [0.15, 0.2) is 34.7 Å². The van der Waals surface area contributed by atoms with Crippen LogP contribution in [0.25, 0.3) is 0 Å². The van der Waals surface area contributed by atoms with Crippen molar-refractivity contribution in [2.75, 3.05) is 20.6 Å². The lowest BCUT2D eigenvalue weighted by Gasteiger charge is -2.52. The molecular formula is C31H38F3N3O7. The van der Waals surface area contributed by atoms with Gasteiger partial charge in [0.2, 0.25) is 5.91 Å². The van der Waals surface area contributed by atoms with Gasteiger partial charge in [-0.3, -0.25) is 33.8 Å². The van der Waals surface area contributed by atoms with Crippen LogP contribution in [0.4, 0.5) is 13.2 Å². The molecule has 0 bridgehead atoms. The average Bonchev–Trinajstić information content (AvgIpc) is 2.92. The number of carbonyl (C=O) groups is 5. The third-order valence-electron chi connectivity index (χ3n) is 10.3. The summed E-state index contributed by atoms with van der Waals surface area (Å²) in [5.41, 5.74) is 0.0689. The second-order valence-corrected chi connectivity index (χ2v) is 12.9. The van der Waals surface area contributed by atoms with E-state index in [0.717, 1.165) is 38.2 Å². The molecule has 13 heteroatoms. The lowest BCUT2D eigenvalue weighted by atomic mass is 9.52. The molecule has 4 aliphatic rings. The van der Waals surface area contributed by atoms with Crippen molar-refractivity contribution >= 4 is 29.0 Å². The number of hydrogen-bond acceptors (Lipinski definition) is 9. The zero-order chi connectivity index (χ0) is 32.5. The number of ketones is 4. The molecule has 2 unspecified atom stereocenters. The third kappa shape index (κ3) is 4.87. The molecule has 6 atom stereocenters. The van der Waals surface area contributed by atoms with Crippen LogP contribution in [0.2, 0.25) is 0 Å². The van der Waals surface area contributed by atoms with Gasteiger partial charge in [0, 0.05) is 18.5 Å². The van der Waals surface area contributed by atoms with Crippen LogP contribution in [0.1, 0.15) is 72.5 Å². The molecule has 0 heterocycles. The minimum Gasteiger partial charge on any atom is -0.507 e. The van der Waals surface area contributed by atoms with Crippen molar-refractivity contribution in [3.63, 3.8) is 0 Å². The van der Waals surface area contributed by atoms with Gasteiger partial charge < -0.3 is 15.9 Å². The number of fused-ring (bicyclic) bond motifs is 3. The highest BCUT2D eigenvalue weighted by molar-refractivity contribution is 6.32. The Labute approximate surface area is 252 Å². The summed E-state index contributed by atoms with van der Waals surface area (Å²) in [7, 11) is 2.87. The molecule has 10 nitrogen and oxygen atoms in total. The fourth-order valence-electron chi connectivity index (χ4n) is 8.39. The minimum atomic E-state index is -4.90. The van der Waals surface area contributed by atoms with Gasteiger partial charge in [-0.2, -0.15) is 13.2 Å². The molecule has 5 rings (SSSR count). The number of rotatable bonds is 6. The number of phenols is 1. The molecule has 44 heavy (non-hydrogen) atoms. The van der Waals surface area contributed by atoms with Crippen molar-refractivity contribution < 1.29 is 47.4 Å². The minimum absolute atomic E-state index is 0.0845. The van der Waals surface area contributed by atoms with Gasteiger partial charge in [-0.15, -0.1) is 0 Å². The highest BCUT2D eigenvalue weighted by Crippen LogP contribution is 2.53. The van der Waals surface area contributed by atoms with E-state index < -0.39 is 99.4 Å². The summed E-state index contributed by atoms with van der Waals surface area (Å²) in [5.74, 6) is -13.3. The molecule has 1 aromatic carbocycles. The molecule has 3 fully saturated rings. The standard InChI is InChI=1S/C31H38F3N3O7/c1-4-37(16-8-6-5-7-9-16)13-15-12-19(38)21-17(23(15)31(32,33)34)10-14-11-18-24(36(2)3)26(40)22(29(35)43)28(42)30(18,44)27(41)20(14)25(21)39/h12,14,16,18,20,22,24,38,44H,4-11,13H2,1-3H3,(H2,35,43)/t14-,18-,20?,22?,24-,30-/m0/s1. The summed E-state index contributed by atoms with van der Waals surface area (Å²) in [5, 5.41) is 22.7. The Balaban J connectivity index is 1.62. The maximum Gasteiger partial charge on any atom is 0.417 e. The third-order valence-corrected chi connectivity index (χ3v) is 10.3. The quantitative estimate of drug-likeness (QED) is 0.404. The van der Waals surface area contributed by atoms with E-state index >= 15 is 0 Å². The van der Waals surface area contributed by atoms with E-state index in [0.29, 0.717) is 6.54 Å². The van der Waals surface area contributed by atoms with Crippen LogP contribution in [-0.2, 0) is 38.3 Å². The molecule has 1 aromatic rings. The Kier molecular flexibility index (Phi) is 8.30. The maximum atomic E-state index is 14.9. The Morgan fingerprint density at radius 3 is 2.27 bits per heavy atom. The number of nitrogens with zero attached hydrogens (tertiary/aromatic N) is 2. The number of primary amides is 1. The van der Waals surface area contributed by atoms with Crippen molar-refractivity contribution in [3.8, 4) is 5.75 Å². The number of benzene rings is 1. The number of aromatic hydroxyl groups is 1. The number of aliphatic hydroxyl groups is 1. The number of carbonyl (C=O) groups excluding carboxylic acids is 5. The molecule has 3 saturated carbocycles. The predicted octanol–water partition coefficient (Wildman–Crippen LogP) is 2.04. The zero-order valence-electron chi connectivity index (χ0n) is 24.9. The number of alkyl halides is 3. The summed E-state index contributed by atoms with van der Waals surface area (Å²) < 4.78 is 44.6. The van der Waals surface area contributed by atoms with Gasteiger partial charge in [-0.05, 0) is 69.4 Å². The van der Waals surface area contributed by atoms with Crippen LogP contribution in [0.5, 0.6) is 5.75 Å². The van der Waals surface area contributed by atoms with Gasteiger partial charge in [-0.1, -0.05) is 26.2 Å². The number of Topliss-reactive ketones (excluding diaryl/α,β-unsaturated/α-hetero) is 4. The maximum absolute atomic E-state index is 14.9. The molecule has 1 amide bonds. The molecule has 0 radical (unpaired) electrons. The van der Waals surface area contributed by atoms with Gasteiger partial charge in [0.25, 0.3) is 0 Å². The Bertz CT molecular complexity index is 1420. The Morgan fingerprint density at radius 1 is 1.09 bits per heavy atom. The van der Waals surface area contributed by atoms with Crippen LogP contribution in [-0.4, -0.2) is 87.4 Å². The number of phenolic OH excluding ortho intramolecular Hbond substituents is 1. The monoisotopic (exact) mass is 621 g/mol. The smallest absolute Gasteiger partial charge is 0.417 e. The topological polar surface area (TPSA) is 158 Å². The zero-order valence-corrected chi connectivity index (χ0v) is 24.9. The van der Waals surface area contributed by atoms with Crippen molar-refractivity contribution in [3.05, 3.63) is 28.3 Å². The molecule has 0 spiro atoms. The van der Waals surface area contributed by atoms with Crippen molar-refractivity contribution in [2.24, 2.45) is 29.4 Å². The normalized spacial score (nSPS) is 31.2. The summed E-state index contributed by atoms with van der Waals surface area (Å²) in [6.45, 7) is 2.25. The SMILES string of the molecule is CCN(Cc1cc(O)c2c(c1C(F)(F)F)C[C@H]1C[C@H]3[C@H](N(C)C)C(=O)C(C(N)=O)C(=O)[C@@]3(O)C(=O)C1C2=O)C1CCCCC1. The van der Waals surface area contributed by atoms with E-state index in [2.05, 4.69) is 0 Å². The predicted molar refractivity (Wildman–Crippen MR) is 149 cm³/mol. The van der Waals surface area contributed by atoms with Crippen LogP contribution in [0, 0.1) is 23.7 Å². The van der Waals surface area contributed by atoms with Gasteiger partial charge in [0.1, 0.15) is 5.75 Å².